The summed E-state index contributed by atoms with van der Waals surface area (Å²) in [6.07, 6.45) is 0.559. The zero-order valence-corrected chi connectivity index (χ0v) is 15.2. The Bertz CT molecular complexity index is 621. The van der Waals surface area contributed by atoms with Crippen LogP contribution in [-0.4, -0.2) is 60.6 Å². The first-order valence-corrected chi connectivity index (χ1v) is 9.05. The van der Waals surface area contributed by atoms with Gasteiger partial charge < -0.3 is 25.2 Å². The van der Waals surface area contributed by atoms with E-state index in [4.69, 9.17) is 4.74 Å². The van der Waals surface area contributed by atoms with Crippen molar-refractivity contribution in [2.24, 2.45) is 11.8 Å². The molecule has 0 saturated carbocycles. The van der Waals surface area contributed by atoms with Crippen LogP contribution in [0.25, 0.3) is 0 Å². The molecule has 0 amide bonds. The summed E-state index contributed by atoms with van der Waals surface area (Å²) in [7, 11) is 2.12. The van der Waals surface area contributed by atoms with Gasteiger partial charge in [-0.15, -0.1) is 0 Å². The number of para-hydroxylation sites is 1. The summed E-state index contributed by atoms with van der Waals surface area (Å²) in [6.45, 7) is 8.38. The normalized spacial score (nSPS) is 31.9. The number of benzene rings is 1. The van der Waals surface area contributed by atoms with Gasteiger partial charge in [0, 0.05) is 36.8 Å². The monoisotopic (exact) mass is 346 g/mol. The SMILES string of the molecule is C=C(C)COc1ccccc1[C@H]1N[C@](CO)(CCO)[C@H]2CN(C)C[C@@H]12. The average molecular weight is 346 g/mol. The number of fused-ring (bicyclic) bond motifs is 1. The van der Waals surface area contributed by atoms with Gasteiger partial charge in [-0.25, -0.2) is 0 Å². The second kappa shape index (κ2) is 7.46. The molecule has 5 heteroatoms. The van der Waals surface area contributed by atoms with Crippen LogP contribution in [0.1, 0.15) is 24.9 Å². The molecule has 0 aromatic heterocycles. The molecule has 0 bridgehead atoms. The van der Waals surface area contributed by atoms with E-state index in [0.717, 1.165) is 30.0 Å². The van der Waals surface area contributed by atoms with E-state index in [-0.39, 0.29) is 19.3 Å². The highest BCUT2D eigenvalue weighted by Crippen LogP contribution is 2.49. The first-order chi connectivity index (χ1) is 12.0. The molecule has 3 N–H and O–H groups in total. The molecule has 3 rings (SSSR count). The van der Waals surface area contributed by atoms with Crippen LogP contribution in [0.4, 0.5) is 0 Å². The highest BCUT2D eigenvalue weighted by Gasteiger charge is 2.56. The second-order valence-corrected chi connectivity index (χ2v) is 7.69. The van der Waals surface area contributed by atoms with Gasteiger partial charge in [-0.1, -0.05) is 24.8 Å². The van der Waals surface area contributed by atoms with Crippen LogP contribution in [-0.2, 0) is 0 Å². The van der Waals surface area contributed by atoms with E-state index in [1.54, 1.807) is 0 Å². The van der Waals surface area contributed by atoms with Gasteiger partial charge in [-0.2, -0.15) is 0 Å². The number of likely N-dealkylation sites (tertiary alicyclic amines) is 1. The molecular weight excluding hydrogens is 316 g/mol. The van der Waals surface area contributed by atoms with Gasteiger partial charge in [0.05, 0.1) is 6.61 Å². The Hall–Kier alpha value is -1.40. The predicted octanol–water partition coefficient (Wildman–Crippen LogP) is 1.58. The van der Waals surface area contributed by atoms with E-state index < -0.39 is 5.54 Å². The molecule has 2 aliphatic rings. The summed E-state index contributed by atoms with van der Waals surface area (Å²) in [6, 6.07) is 8.22. The molecule has 1 aromatic rings. The van der Waals surface area contributed by atoms with Crippen molar-refractivity contribution in [1.29, 1.82) is 0 Å². The van der Waals surface area contributed by atoms with E-state index in [0.29, 0.717) is 24.9 Å². The van der Waals surface area contributed by atoms with Crippen molar-refractivity contribution < 1.29 is 14.9 Å². The molecule has 0 radical (unpaired) electrons. The molecule has 2 aliphatic heterocycles. The van der Waals surface area contributed by atoms with Crippen LogP contribution in [0.2, 0.25) is 0 Å². The minimum atomic E-state index is -0.434. The van der Waals surface area contributed by atoms with Gasteiger partial charge in [0.15, 0.2) is 0 Å². The smallest absolute Gasteiger partial charge is 0.124 e. The van der Waals surface area contributed by atoms with Crippen LogP contribution in [0.3, 0.4) is 0 Å². The lowest BCUT2D eigenvalue weighted by molar-refractivity contribution is 0.0993. The van der Waals surface area contributed by atoms with Gasteiger partial charge in [-0.05, 0) is 43.9 Å². The number of hydrogen-bond acceptors (Lipinski definition) is 5. The summed E-state index contributed by atoms with van der Waals surface area (Å²) in [5.41, 5.74) is 1.68. The third kappa shape index (κ3) is 3.47. The highest BCUT2D eigenvalue weighted by atomic mass is 16.5. The van der Waals surface area contributed by atoms with Gasteiger partial charge >= 0.3 is 0 Å². The minimum Gasteiger partial charge on any atom is -0.489 e. The lowest BCUT2D eigenvalue weighted by Gasteiger charge is -2.34. The van der Waals surface area contributed by atoms with Crippen molar-refractivity contribution in [3.63, 3.8) is 0 Å². The van der Waals surface area contributed by atoms with E-state index in [9.17, 15) is 10.2 Å². The summed E-state index contributed by atoms with van der Waals surface area (Å²) in [5.74, 6) is 1.57. The zero-order chi connectivity index (χ0) is 18.0. The number of hydrogen-bond donors (Lipinski definition) is 3. The number of nitrogens with zero attached hydrogens (tertiary/aromatic N) is 1. The third-order valence-electron chi connectivity index (χ3n) is 5.70. The van der Waals surface area contributed by atoms with Crippen molar-refractivity contribution in [2.75, 3.05) is 40.0 Å². The molecule has 1 aromatic carbocycles. The van der Waals surface area contributed by atoms with Crippen LogP contribution in [0.5, 0.6) is 5.75 Å². The molecule has 2 fully saturated rings. The second-order valence-electron chi connectivity index (χ2n) is 7.69. The largest absolute Gasteiger partial charge is 0.489 e. The molecule has 138 valence electrons. The number of rotatable bonds is 7. The molecule has 2 heterocycles. The Morgan fingerprint density at radius 1 is 1.36 bits per heavy atom. The number of aliphatic hydroxyl groups is 2. The maximum atomic E-state index is 10.2. The lowest BCUT2D eigenvalue weighted by Crippen LogP contribution is -2.51. The minimum absolute atomic E-state index is 0.0356. The maximum absolute atomic E-state index is 10.2. The Kier molecular flexibility index (Phi) is 5.49. The topological polar surface area (TPSA) is 65.0 Å². The summed E-state index contributed by atoms with van der Waals surface area (Å²) in [4.78, 5) is 2.32. The van der Waals surface area contributed by atoms with Gasteiger partial charge in [-0.3, -0.25) is 0 Å². The van der Waals surface area contributed by atoms with E-state index >= 15 is 0 Å². The first-order valence-electron chi connectivity index (χ1n) is 9.05. The molecule has 5 nitrogen and oxygen atoms in total. The Labute approximate surface area is 150 Å². The van der Waals surface area contributed by atoms with E-state index in [1.807, 2.05) is 25.1 Å². The molecule has 4 atom stereocenters. The average Bonchev–Trinajstić information content (AvgIpc) is 3.11. The van der Waals surface area contributed by atoms with Crippen LogP contribution in [0.15, 0.2) is 36.4 Å². The van der Waals surface area contributed by atoms with E-state index in [2.05, 4.69) is 29.9 Å². The van der Waals surface area contributed by atoms with Gasteiger partial charge in [0.2, 0.25) is 0 Å². The van der Waals surface area contributed by atoms with Crippen LogP contribution < -0.4 is 10.1 Å². The molecule has 2 saturated heterocycles. The quantitative estimate of drug-likeness (QED) is 0.654. The number of ether oxygens (including phenoxy) is 1. The molecular formula is C20H30N2O3. The first kappa shape index (κ1) is 18.4. The molecule has 0 unspecified atom stereocenters. The molecule has 0 spiro atoms. The zero-order valence-electron chi connectivity index (χ0n) is 15.2. The summed E-state index contributed by atoms with van der Waals surface area (Å²) < 4.78 is 5.98. The van der Waals surface area contributed by atoms with Crippen molar-refractivity contribution >= 4 is 0 Å². The van der Waals surface area contributed by atoms with Crippen molar-refractivity contribution in [3.8, 4) is 5.75 Å². The maximum Gasteiger partial charge on any atom is 0.124 e. The molecule has 0 aliphatic carbocycles. The fourth-order valence-corrected chi connectivity index (χ4v) is 4.56. The summed E-state index contributed by atoms with van der Waals surface area (Å²) >= 11 is 0. The van der Waals surface area contributed by atoms with Crippen molar-refractivity contribution in [2.45, 2.75) is 24.9 Å². The van der Waals surface area contributed by atoms with Gasteiger partial charge in [0.25, 0.3) is 0 Å². The number of nitrogens with one attached hydrogen (secondary N) is 1. The molecule has 25 heavy (non-hydrogen) atoms. The van der Waals surface area contributed by atoms with E-state index in [1.165, 1.54) is 0 Å². The Morgan fingerprint density at radius 2 is 2.12 bits per heavy atom. The Balaban J connectivity index is 1.93. The highest BCUT2D eigenvalue weighted by molar-refractivity contribution is 5.39. The number of aliphatic hydroxyl groups excluding tert-OH is 2. The predicted molar refractivity (Wildman–Crippen MR) is 98.6 cm³/mol. The summed E-state index contributed by atoms with van der Waals surface area (Å²) in [5, 5.41) is 23.4. The third-order valence-corrected chi connectivity index (χ3v) is 5.70. The fraction of sp³-hybridized carbons (Fsp3) is 0.600. The van der Waals surface area contributed by atoms with Gasteiger partial charge in [0.1, 0.15) is 12.4 Å². The lowest BCUT2D eigenvalue weighted by atomic mass is 9.79. The van der Waals surface area contributed by atoms with Crippen LogP contribution >= 0.6 is 0 Å². The Morgan fingerprint density at radius 3 is 2.80 bits per heavy atom. The van der Waals surface area contributed by atoms with Crippen LogP contribution in [0, 0.1) is 11.8 Å². The van der Waals surface area contributed by atoms with Crippen molar-refractivity contribution in [3.05, 3.63) is 42.0 Å². The van der Waals surface area contributed by atoms with Crippen molar-refractivity contribution in [1.82, 2.24) is 10.2 Å². The fourth-order valence-electron chi connectivity index (χ4n) is 4.56. The standard InChI is InChI=1S/C20H30N2O3/c1-14(2)12-25-18-7-5-4-6-15(18)19-16-10-22(3)11-17(16)20(13-24,21-19)8-9-23/h4-7,16-17,19,21,23-24H,1,8-13H2,2-3H3/t16-,17+,19-,20+/m1/s1.